The molecule has 36 heavy (non-hydrogen) atoms. The molecule has 5 heteroatoms. The van der Waals surface area contributed by atoms with Gasteiger partial charge in [-0.25, -0.2) is 0 Å². The Morgan fingerprint density at radius 2 is 1.47 bits per heavy atom. The van der Waals surface area contributed by atoms with E-state index in [1.54, 1.807) is 14.2 Å². The molecular formula is C31H38N2O3. The van der Waals surface area contributed by atoms with E-state index in [2.05, 4.69) is 82.6 Å². The fourth-order valence-corrected chi connectivity index (χ4v) is 6.25. The van der Waals surface area contributed by atoms with Gasteiger partial charge in [0, 0.05) is 31.2 Å². The predicted octanol–water partition coefficient (Wildman–Crippen LogP) is 5.44. The molecule has 4 atom stereocenters. The first kappa shape index (κ1) is 24.8. The van der Waals surface area contributed by atoms with Gasteiger partial charge in [0.2, 0.25) is 0 Å². The molecule has 5 rings (SSSR count). The zero-order valence-electron chi connectivity index (χ0n) is 21.4. The van der Waals surface area contributed by atoms with E-state index in [4.69, 9.17) is 9.47 Å². The number of aliphatic hydroxyl groups is 1. The third kappa shape index (κ3) is 5.44. The maximum Gasteiger partial charge on any atom is 0.161 e. The highest BCUT2D eigenvalue weighted by Gasteiger charge is 2.43. The number of hydrogen-bond acceptors (Lipinski definition) is 5. The summed E-state index contributed by atoms with van der Waals surface area (Å²) in [7, 11) is 3.35. The van der Waals surface area contributed by atoms with Crippen LogP contribution in [0, 0.1) is 0 Å². The van der Waals surface area contributed by atoms with Gasteiger partial charge in [0.25, 0.3) is 0 Å². The van der Waals surface area contributed by atoms with Crippen molar-refractivity contribution in [1.29, 1.82) is 0 Å². The third-order valence-electron chi connectivity index (χ3n) is 7.91. The molecule has 2 aliphatic heterocycles. The second-order valence-corrected chi connectivity index (χ2v) is 10.1. The SMILES string of the molecule is COc1ccc([C@@H]2C[C@@H](O)C[C@@H]3[C@@H](N(Cc4ccccc4)Cc4ccccc4)CCCN32)cc1OC. The van der Waals surface area contributed by atoms with Crippen LogP contribution in [0.3, 0.4) is 0 Å². The van der Waals surface area contributed by atoms with Gasteiger partial charge in [-0.05, 0) is 61.1 Å². The standard InChI is InChI=1S/C31H38N2O3/c1-35-30-16-15-25(18-31(30)36-2)28-19-26(34)20-29-27(14-9-17-33(28)29)32(21-23-10-5-3-6-11-23)22-24-12-7-4-8-13-24/h3-8,10-13,15-16,18,26-29,34H,9,14,17,19-22H2,1-2H3/t26-,27+,28+,29-/m1/s1. The van der Waals surface area contributed by atoms with E-state index in [-0.39, 0.29) is 12.1 Å². The van der Waals surface area contributed by atoms with Crippen LogP contribution in [0.4, 0.5) is 0 Å². The molecule has 0 bridgehead atoms. The quantitative estimate of drug-likeness (QED) is 0.460. The molecule has 5 nitrogen and oxygen atoms in total. The number of hydrogen-bond donors (Lipinski definition) is 1. The molecule has 0 radical (unpaired) electrons. The van der Waals surface area contributed by atoms with Gasteiger partial charge in [-0.15, -0.1) is 0 Å². The zero-order valence-corrected chi connectivity index (χ0v) is 21.4. The molecular weight excluding hydrogens is 448 g/mol. The van der Waals surface area contributed by atoms with Gasteiger partial charge in [0.1, 0.15) is 0 Å². The second-order valence-electron chi connectivity index (χ2n) is 10.1. The minimum atomic E-state index is -0.319. The highest BCUT2D eigenvalue weighted by Crippen LogP contribution is 2.42. The Labute approximate surface area is 215 Å². The predicted molar refractivity (Wildman–Crippen MR) is 143 cm³/mol. The van der Waals surface area contributed by atoms with Crippen molar-refractivity contribution < 1.29 is 14.6 Å². The molecule has 2 heterocycles. The van der Waals surface area contributed by atoms with E-state index in [1.165, 1.54) is 16.7 Å². The second kappa shape index (κ2) is 11.5. The molecule has 3 aromatic rings. The van der Waals surface area contributed by atoms with Crippen molar-refractivity contribution in [2.75, 3.05) is 20.8 Å². The van der Waals surface area contributed by atoms with Gasteiger partial charge in [-0.2, -0.15) is 0 Å². The van der Waals surface area contributed by atoms with Gasteiger partial charge in [-0.1, -0.05) is 66.7 Å². The normalized spacial score (nSPS) is 24.3. The number of nitrogens with zero attached hydrogens (tertiary/aromatic N) is 2. The Morgan fingerprint density at radius 1 is 0.833 bits per heavy atom. The van der Waals surface area contributed by atoms with Crippen LogP contribution < -0.4 is 9.47 Å². The first-order chi connectivity index (χ1) is 17.7. The van der Waals surface area contributed by atoms with Gasteiger partial charge in [0.15, 0.2) is 11.5 Å². The van der Waals surface area contributed by atoms with Gasteiger partial charge < -0.3 is 14.6 Å². The lowest BCUT2D eigenvalue weighted by Crippen LogP contribution is -2.59. The zero-order chi connectivity index (χ0) is 24.9. The van der Waals surface area contributed by atoms with Gasteiger partial charge in [0.05, 0.1) is 20.3 Å². The Hall–Kier alpha value is -2.86. The summed E-state index contributed by atoms with van der Waals surface area (Å²) >= 11 is 0. The monoisotopic (exact) mass is 486 g/mol. The number of rotatable bonds is 8. The minimum absolute atomic E-state index is 0.164. The van der Waals surface area contributed by atoms with Crippen molar-refractivity contribution >= 4 is 0 Å². The Morgan fingerprint density at radius 3 is 2.08 bits per heavy atom. The van der Waals surface area contributed by atoms with E-state index >= 15 is 0 Å². The number of ether oxygens (including phenoxy) is 2. The van der Waals surface area contributed by atoms with Gasteiger partial charge in [-0.3, -0.25) is 9.80 Å². The Balaban J connectivity index is 1.45. The van der Waals surface area contributed by atoms with E-state index < -0.39 is 0 Å². The summed E-state index contributed by atoms with van der Waals surface area (Å²) in [5, 5.41) is 11.1. The van der Waals surface area contributed by atoms with Crippen LogP contribution in [-0.2, 0) is 13.1 Å². The number of methoxy groups -OCH3 is 2. The molecule has 2 aliphatic rings. The number of piperidine rings is 2. The molecule has 0 spiro atoms. The first-order valence-corrected chi connectivity index (χ1v) is 13.1. The molecule has 0 unspecified atom stereocenters. The summed E-state index contributed by atoms with van der Waals surface area (Å²) in [6.45, 7) is 2.86. The van der Waals surface area contributed by atoms with Crippen LogP contribution in [-0.4, -0.2) is 53.9 Å². The van der Waals surface area contributed by atoms with Crippen LogP contribution in [0.25, 0.3) is 0 Å². The fraction of sp³-hybridized carbons (Fsp3) is 0.419. The van der Waals surface area contributed by atoms with Crippen LogP contribution in [0.5, 0.6) is 11.5 Å². The Kier molecular flexibility index (Phi) is 7.90. The lowest BCUT2D eigenvalue weighted by Gasteiger charge is -2.53. The van der Waals surface area contributed by atoms with E-state index in [0.717, 1.165) is 56.8 Å². The molecule has 0 amide bonds. The average Bonchev–Trinajstić information content (AvgIpc) is 2.92. The largest absolute Gasteiger partial charge is 0.493 e. The van der Waals surface area contributed by atoms with E-state index in [1.807, 2.05) is 6.07 Å². The lowest BCUT2D eigenvalue weighted by molar-refractivity contribution is -0.0622. The van der Waals surface area contributed by atoms with E-state index in [0.29, 0.717) is 12.1 Å². The molecule has 2 fully saturated rings. The molecule has 190 valence electrons. The van der Waals surface area contributed by atoms with Crippen molar-refractivity contribution in [3.63, 3.8) is 0 Å². The van der Waals surface area contributed by atoms with Gasteiger partial charge >= 0.3 is 0 Å². The molecule has 0 aromatic heterocycles. The molecule has 0 aliphatic carbocycles. The summed E-state index contributed by atoms with van der Waals surface area (Å²) in [6.07, 6.45) is 3.54. The topological polar surface area (TPSA) is 45.2 Å². The molecule has 0 saturated carbocycles. The van der Waals surface area contributed by atoms with Crippen molar-refractivity contribution in [1.82, 2.24) is 9.80 Å². The summed E-state index contributed by atoms with van der Waals surface area (Å²) in [4.78, 5) is 5.30. The summed E-state index contributed by atoms with van der Waals surface area (Å²) < 4.78 is 11.1. The van der Waals surface area contributed by atoms with Crippen LogP contribution >= 0.6 is 0 Å². The summed E-state index contributed by atoms with van der Waals surface area (Å²) in [5.74, 6) is 1.48. The average molecular weight is 487 g/mol. The maximum atomic E-state index is 11.1. The van der Waals surface area contributed by atoms with Crippen molar-refractivity contribution in [2.24, 2.45) is 0 Å². The maximum absolute atomic E-state index is 11.1. The minimum Gasteiger partial charge on any atom is -0.493 e. The molecule has 2 saturated heterocycles. The third-order valence-corrected chi connectivity index (χ3v) is 7.91. The smallest absolute Gasteiger partial charge is 0.161 e. The van der Waals surface area contributed by atoms with Crippen molar-refractivity contribution in [3.8, 4) is 11.5 Å². The van der Waals surface area contributed by atoms with Crippen LogP contribution in [0.15, 0.2) is 78.9 Å². The van der Waals surface area contributed by atoms with Crippen molar-refractivity contribution in [3.05, 3.63) is 95.6 Å². The Bertz CT molecular complexity index is 1070. The number of fused-ring (bicyclic) bond motifs is 1. The van der Waals surface area contributed by atoms with E-state index in [9.17, 15) is 5.11 Å². The summed E-state index contributed by atoms with van der Waals surface area (Å²) in [6, 6.07) is 28.6. The number of benzene rings is 3. The molecule has 1 N–H and O–H groups in total. The van der Waals surface area contributed by atoms with Crippen LogP contribution in [0.1, 0.15) is 48.4 Å². The fourth-order valence-electron chi connectivity index (χ4n) is 6.25. The molecule has 3 aromatic carbocycles. The van der Waals surface area contributed by atoms with Crippen molar-refractivity contribution in [2.45, 2.75) is 63.0 Å². The highest BCUT2D eigenvalue weighted by atomic mass is 16.5. The lowest BCUT2D eigenvalue weighted by atomic mass is 9.81. The first-order valence-electron chi connectivity index (χ1n) is 13.1. The summed E-state index contributed by atoms with van der Waals surface area (Å²) in [5.41, 5.74) is 3.85. The number of aliphatic hydroxyl groups excluding tert-OH is 1. The highest BCUT2D eigenvalue weighted by molar-refractivity contribution is 5.44. The van der Waals surface area contributed by atoms with Crippen LogP contribution in [0.2, 0.25) is 0 Å².